The maximum atomic E-state index is 12.4. The zero-order chi connectivity index (χ0) is 19.5. The first-order chi connectivity index (χ1) is 13.6. The van der Waals surface area contributed by atoms with Gasteiger partial charge in [-0.2, -0.15) is 0 Å². The monoisotopic (exact) mass is 399 g/mol. The number of aromatic nitrogens is 3. The molecule has 2 heterocycles. The minimum atomic E-state index is -0.315. The molecule has 2 amide bonds. The fourth-order valence-electron chi connectivity index (χ4n) is 3.48. The maximum Gasteiger partial charge on any atom is 0.253 e. The van der Waals surface area contributed by atoms with Crippen molar-refractivity contribution in [1.29, 1.82) is 0 Å². The molecular weight excluding hydrogens is 374 g/mol. The molecule has 0 atom stereocenters. The average Bonchev–Trinajstić information content (AvgIpc) is 3.24. The lowest BCUT2D eigenvalue weighted by Gasteiger charge is -2.15. The van der Waals surface area contributed by atoms with Crippen LogP contribution in [0.4, 0.5) is 0 Å². The molecule has 1 aromatic heterocycles. The van der Waals surface area contributed by atoms with Crippen LogP contribution in [-0.4, -0.2) is 44.6 Å². The van der Waals surface area contributed by atoms with Gasteiger partial charge in [0.15, 0.2) is 5.16 Å². The molecule has 2 aliphatic rings. The third-order valence-electron chi connectivity index (χ3n) is 5.23. The number of benzene rings is 1. The summed E-state index contributed by atoms with van der Waals surface area (Å²) in [5.74, 6) is 1.97. The van der Waals surface area contributed by atoms with Crippen LogP contribution in [0.1, 0.15) is 59.8 Å². The molecule has 1 aliphatic heterocycles. The Morgan fingerprint density at radius 2 is 1.82 bits per heavy atom. The first-order valence-electron chi connectivity index (χ1n) is 9.84. The van der Waals surface area contributed by atoms with E-state index in [9.17, 15) is 9.59 Å². The third-order valence-corrected chi connectivity index (χ3v) is 6.27. The van der Waals surface area contributed by atoms with Gasteiger partial charge in [-0.1, -0.05) is 23.9 Å². The standard InChI is InChI=1S/C20H25N5O2S/c21-17(26)9-12-25-18(15-7-8-15)22-23-20(25)28-13-14-3-5-16(6-4-14)19(27)24-10-1-2-11-24/h3-6,15H,1-2,7-13H2,(H2,21,26). The summed E-state index contributed by atoms with van der Waals surface area (Å²) in [6.45, 7) is 2.25. The van der Waals surface area contributed by atoms with E-state index in [4.69, 9.17) is 5.73 Å². The van der Waals surface area contributed by atoms with E-state index in [1.807, 2.05) is 33.7 Å². The highest BCUT2D eigenvalue weighted by atomic mass is 32.2. The molecule has 4 rings (SSSR count). The predicted molar refractivity (Wildman–Crippen MR) is 107 cm³/mol. The quantitative estimate of drug-likeness (QED) is 0.689. The largest absolute Gasteiger partial charge is 0.370 e. The van der Waals surface area contributed by atoms with Gasteiger partial charge in [0.05, 0.1) is 0 Å². The molecule has 0 radical (unpaired) electrons. The van der Waals surface area contributed by atoms with Crippen LogP contribution < -0.4 is 5.73 Å². The summed E-state index contributed by atoms with van der Waals surface area (Å²) in [4.78, 5) is 25.6. The van der Waals surface area contributed by atoms with Gasteiger partial charge in [0.1, 0.15) is 5.82 Å². The van der Waals surface area contributed by atoms with Crippen LogP contribution in [0.15, 0.2) is 29.4 Å². The molecule has 2 aromatic rings. The molecule has 1 aliphatic carbocycles. The Balaban J connectivity index is 1.40. The van der Waals surface area contributed by atoms with Crippen LogP contribution in [-0.2, 0) is 17.1 Å². The Labute approximate surface area is 168 Å². The second-order valence-corrected chi connectivity index (χ2v) is 8.41. The minimum Gasteiger partial charge on any atom is -0.370 e. The molecule has 0 bridgehead atoms. The number of primary amides is 1. The lowest BCUT2D eigenvalue weighted by molar-refractivity contribution is -0.118. The van der Waals surface area contributed by atoms with Crippen LogP contribution in [0.25, 0.3) is 0 Å². The van der Waals surface area contributed by atoms with Crippen molar-refractivity contribution >= 4 is 23.6 Å². The topological polar surface area (TPSA) is 94.1 Å². The van der Waals surface area contributed by atoms with Gasteiger partial charge >= 0.3 is 0 Å². The Hall–Kier alpha value is -2.35. The smallest absolute Gasteiger partial charge is 0.253 e. The average molecular weight is 400 g/mol. The number of nitrogens with zero attached hydrogens (tertiary/aromatic N) is 4. The van der Waals surface area contributed by atoms with E-state index in [2.05, 4.69) is 10.2 Å². The molecule has 28 heavy (non-hydrogen) atoms. The summed E-state index contributed by atoms with van der Waals surface area (Å²) in [6.07, 6.45) is 4.75. The van der Waals surface area contributed by atoms with Gasteiger partial charge in [-0.25, -0.2) is 0 Å². The Kier molecular flexibility index (Phi) is 5.66. The number of carbonyl (C=O) groups excluding carboxylic acids is 2. The fourth-order valence-corrected chi connectivity index (χ4v) is 4.40. The minimum absolute atomic E-state index is 0.122. The number of carbonyl (C=O) groups is 2. The van der Waals surface area contributed by atoms with E-state index in [0.29, 0.717) is 18.9 Å². The van der Waals surface area contributed by atoms with Gasteiger partial charge in [-0.05, 0) is 43.4 Å². The third kappa shape index (κ3) is 4.38. The van der Waals surface area contributed by atoms with Gasteiger partial charge in [-0.15, -0.1) is 10.2 Å². The predicted octanol–water partition coefficient (Wildman–Crippen LogP) is 2.56. The first-order valence-corrected chi connectivity index (χ1v) is 10.8. The number of likely N-dealkylation sites (tertiary alicyclic amines) is 1. The van der Waals surface area contributed by atoms with Crippen LogP contribution in [0.3, 0.4) is 0 Å². The summed E-state index contributed by atoms with van der Waals surface area (Å²) >= 11 is 1.60. The van der Waals surface area contributed by atoms with E-state index in [1.165, 1.54) is 0 Å². The lowest BCUT2D eigenvalue weighted by atomic mass is 10.1. The summed E-state index contributed by atoms with van der Waals surface area (Å²) in [7, 11) is 0. The summed E-state index contributed by atoms with van der Waals surface area (Å²) < 4.78 is 2.04. The van der Waals surface area contributed by atoms with E-state index in [1.54, 1.807) is 11.8 Å². The molecule has 0 unspecified atom stereocenters. The maximum absolute atomic E-state index is 12.4. The van der Waals surface area contributed by atoms with Crippen LogP contribution in [0.5, 0.6) is 0 Å². The first kappa shape index (κ1) is 19.0. The molecule has 1 saturated heterocycles. The Bertz CT molecular complexity index is 854. The number of nitrogens with two attached hydrogens (primary N) is 1. The highest BCUT2D eigenvalue weighted by Gasteiger charge is 2.30. The van der Waals surface area contributed by atoms with Crippen molar-refractivity contribution in [2.75, 3.05) is 13.1 Å². The zero-order valence-corrected chi connectivity index (χ0v) is 16.7. The van der Waals surface area contributed by atoms with E-state index in [0.717, 1.165) is 66.6 Å². The Morgan fingerprint density at radius 3 is 2.46 bits per heavy atom. The van der Waals surface area contributed by atoms with Crippen molar-refractivity contribution in [3.8, 4) is 0 Å². The van der Waals surface area contributed by atoms with E-state index >= 15 is 0 Å². The van der Waals surface area contributed by atoms with Crippen LogP contribution >= 0.6 is 11.8 Å². The second kappa shape index (κ2) is 8.34. The molecule has 2 fully saturated rings. The normalized spacial score (nSPS) is 16.5. The van der Waals surface area contributed by atoms with Crippen molar-refractivity contribution in [3.05, 3.63) is 41.2 Å². The van der Waals surface area contributed by atoms with Crippen molar-refractivity contribution in [2.45, 2.75) is 55.5 Å². The number of amides is 2. The van der Waals surface area contributed by atoms with Gasteiger partial charge in [0.25, 0.3) is 5.91 Å². The summed E-state index contributed by atoms with van der Waals surface area (Å²) in [6, 6.07) is 7.82. The Morgan fingerprint density at radius 1 is 1.11 bits per heavy atom. The molecule has 148 valence electrons. The van der Waals surface area contributed by atoms with Crippen molar-refractivity contribution in [1.82, 2.24) is 19.7 Å². The molecule has 0 spiro atoms. The van der Waals surface area contributed by atoms with Crippen LogP contribution in [0.2, 0.25) is 0 Å². The van der Waals surface area contributed by atoms with E-state index in [-0.39, 0.29) is 11.8 Å². The van der Waals surface area contributed by atoms with Crippen molar-refractivity contribution < 1.29 is 9.59 Å². The molecule has 8 heteroatoms. The number of hydrogen-bond donors (Lipinski definition) is 1. The van der Waals surface area contributed by atoms with Crippen LogP contribution in [0, 0.1) is 0 Å². The number of thioether (sulfide) groups is 1. The van der Waals surface area contributed by atoms with Gasteiger partial charge in [-0.3, -0.25) is 9.59 Å². The van der Waals surface area contributed by atoms with Gasteiger partial charge in [0, 0.05) is 43.3 Å². The second-order valence-electron chi connectivity index (χ2n) is 7.47. The van der Waals surface area contributed by atoms with Crippen molar-refractivity contribution in [2.24, 2.45) is 5.73 Å². The SMILES string of the molecule is NC(=O)CCn1c(SCc2ccc(C(=O)N3CCCC3)cc2)nnc1C1CC1. The number of hydrogen-bond acceptors (Lipinski definition) is 5. The summed E-state index contributed by atoms with van der Waals surface area (Å²) in [5.41, 5.74) is 7.19. The molecule has 2 N–H and O–H groups in total. The van der Waals surface area contributed by atoms with E-state index < -0.39 is 0 Å². The molecular formula is C20H25N5O2S. The molecule has 1 aromatic carbocycles. The highest BCUT2D eigenvalue weighted by Crippen LogP contribution is 2.40. The lowest BCUT2D eigenvalue weighted by Crippen LogP contribution is -2.27. The number of rotatable bonds is 8. The molecule has 7 nitrogen and oxygen atoms in total. The van der Waals surface area contributed by atoms with Gasteiger partial charge in [0.2, 0.25) is 5.91 Å². The summed E-state index contributed by atoms with van der Waals surface area (Å²) in [5, 5.41) is 9.49. The highest BCUT2D eigenvalue weighted by molar-refractivity contribution is 7.98. The van der Waals surface area contributed by atoms with Gasteiger partial charge < -0.3 is 15.2 Å². The zero-order valence-electron chi connectivity index (χ0n) is 15.8. The van der Waals surface area contributed by atoms with Crippen molar-refractivity contribution in [3.63, 3.8) is 0 Å². The molecule has 1 saturated carbocycles. The fraction of sp³-hybridized carbons (Fsp3) is 0.500.